The number of aromatic nitrogens is 3. The van der Waals surface area contributed by atoms with E-state index in [9.17, 15) is 0 Å². The average Bonchev–Trinajstić information content (AvgIpc) is 3.20. The van der Waals surface area contributed by atoms with Gasteiger partial charge in [0.15, 0.2) is 0 Å². The summed E-state index contributed by atoms with van der Waals surface area (Å²) in [6.07, 6.45) is 7.84. The van der Waals surface area contributed by atoms with Crippen molar-refractivity contribution in [1.82, 2.24) is 20.3 Å². The summed E-state index contributed by atoms with van der Waals surface area (Å²) in [5, 5.41) is 4.51. The van der Waals surface area contributed by atoms with Crippen LogP contribution >= 0.6 is 0 Å². The van der Waals surface area contributed by atoms with Crippen molar-refractivity contribution in [2.75, 3.05) is 13.1 Å². The SMILES string of the molecule is Cc1cccc(-c2ccc3[nH]cc(-c4cncc(OC5CCCNC5)n4)c3c2)c1C. The van der Waals surface area contributed by atoms with Crippen molar-refractivity contribution >= 4 is 10.9 Å². The van der Waals surface area contributed by atoms with Gasteiger partial charge in [-0.1, -0.05) is 24.3 Å². The minimum absolute atomic E-state index is 0.155. The molecule has 0 radical (unpaired) electrons. The molecule has 0 bridgehead atoms. The number of nitrogens with one attached hydrogen (secondary N) is 2. The molecule has 2 aromatic carbocycles. The fourth-order valence-corrected chi connectivity index (χ4v) is 4.19. The number of hydrogen-bond acceptors (Lipinski definition) is 4. The van der Waals surface area contributed by atoms with Gasteiger partial charge in [-0.25, -0.2) is 4.98 Å². The monoisotopic (exact) mass is 398 g/mol. The fraction of sp³-hybridized carbons (Fsp3) is 0.280. The molecule has 1 fully saturated rings. The van der Waals surface area contributed by atoms with Crippen molar-refractivity contribution in [3.63, 3.8) is 0 Å². The van der Waals surface area contributed by atoms with Gasteiger partial charge in [0.1, 0.15) is 6.10 Å². The Morgan fingerprint density at radius 1 is 1.07 bits per heavy atom. The Labute approximate surface area is 176 Å². The largest absolute Gasteiger partial charge is 0.472 e. The molecule has 5 heteroatoms. The van der Waals surface area contributed by atoms with Crippen LogP contribution in [0.25, 0.3) is 33.3 Å². The molecule has 1 atom stereocenters. The molecular weight excluding hydrogens is 372 g/mol. The fourth-order valence-electron chi connectivity index (χ4n) is 4.19. The topological polar surface area (TPSA) is 62.8 Å². The van der Waals surface area contributed by atoms with Crippen molar-refractivity contribution in [2.45, 2.75) is 32.8 Å². The third kappa shape index (κ3) is 3.57. The second-order valence-corrected chi connectivity index (χ2v) is 8.04. The van der Waals surface area contributed by atoms with Crippen LogP contribution in [0.2, 0.25) is 0 Å². The number of ether oxygens (including phenoxy) is 1. The molecule has 1 aliphatic heterocycles. The molecule has 5 nitrogen and oxygen atoms in total. The molecule has 1 unspecified atom stereocenters. The highest BCUT2D eigenvalue weighted by atomic mass is 16.5. The lowest BCUT2D eigenvalue weighted by Gasteiger charge is -2.23. The quantitative estimate of drug-likeness (QED) is 0.506. The number of nitrogens with zero attached hydrogens (tertiary/aromatic N) is 2. The van der Waals surface area contributed by atoms with Crippen molar-refractivity contribution in [3.8, 4) is 28.3 Å². The molecule has 152 valence electrons. The summed E-state index contributed by atoms with van der Waals surface area (Å²) in [6.45, 7) is 6.25. The summed E-state index contributed by atoms with van der Waals surface area (Å²) in [4.78, 5) is 12.5. The zero-order valence-corrected chi connectivity index (χ0v) is 17.4. The maximum Gasteiger partial charge on any atom is 0.233 e. The van der Waals surface area contributed by atoms with E-state index in [4.69, 9.17) is 9.72 Å². The van der Waals surface area contributed by atoms with Gasteiger partial charge in [-0.15, -0.1) is 0 Å². The van der Waals surface area contributed by atoms with E-state index in [1.54, 1.807) is 12.4 Å². The Morgan fingerprint density at radius 3 is 2.87 bits per heavy atom. The standard InChI is InChI=1S/C25H26N4O/c1-16-5-3-7-20(17(16)2)18-8-9-23-21(11-18)22(13-28-23)24-14-27-15-25(29-24)30-19-6-4-10-26-12-19/h3,5,7-9,11,13-15,19,26,28H,4,6,10,12H2,1-2H3. The van der Waals surface area contributed by atoms with E-state index in [2.05, 4.69) is 65.5 Å². The number of aromatic amines is 1. The van der Waals surface area contributed by atoms with Crippen molar-refractivity contribution in [2.24, 2.45) is 0 Å². The van der Waals surface area contributed by atoms with Crippen molar-refractivity contribution in [3.05, 3.63) is 66.1 Å². The van der Waals surface area contributed by atoms with E-state index < -0.39 is 0 Å². The molecule has 1 saturated heterocycles. The molecule has 0 saturated carbocycles. The molecule has 2 aromatic heterocycles. The molecule has 0 aliphatic carbocycles. The predicted octanol–water partition coefficient (Wildman–Crippen LogP) is 5.04. The number of piperidine rings is 1. The lowest BCUT2D eigenvalue weighted by molar-refractivity contribution is 0.160. The highest BCUT2D eigenvalue weighted by molar-refractivity contribution is 5.97. The molecule has 4 aromatic rings. The summed E-state index contributed by atoms with van der Waals surface area (Å²) in [5.41, 5.74) is 8.02. The number of hydrogen-bond donors (Lipinski definition) is 2. The molecule has 0 spiro atoms. The van der Waals surface area contributed by atoms with Crippen LogP contribution in [-0.2, 0) is 0 Å². The van der Waals surface area contributed by atoms with E-state index in [1.165, 1.54) is 22.3 Å². The smallest absolute Gasteiger partial charge is 0.233 e. The van der Waals surface area contributed by atoms with Crippen LogP contribution in [0.15, 0.2) is 55.0 Å². The highest BCUT2D eigenvalue weighted by Gasteiger charge is 2.16. The van der Waals surface area contributed by atoms with Gasteiger partial charge in [0.05, 0.1) is 18.1 Å². The maximum absolute atomic E-state index is 6.08. The first kappa shape index (κ1) is 18.8. The van der Waals surface area contributed by atoms with Gasteiger partial charge in [-0.2, -0.15) is 0 Å². The Balaban J connectivity index is 1.52. The second kappa shape index (κ2) is 7.92. The molecule has 30 heavy (non-hydrogen) atoms. The number of rotatable bonds is 4. The van der Waals surface area contributed by atoms with Crippen LogP contribution in [0, 0.1) is 13.8 Å². The van der Waals surface area contributed by atoms with E-state index in [0.717, 1.165) is 48.1 Å². The van der Waals surface area contributed by atoms with Gasteiger partial charge in [0, 0.05) is 29.2 Å². The third-order valence-electron chi connectivity index (χ3n) is 6.02. The summed E-state index contributed by atoms with van der Waals surface area (Å²) in [7, 11) is 0. The minimum Gasteiger partial charge on any atom is -0.472 e. The van der Waals surface area contributed by atoms with E-state index >= 15 is 0 Å². The molecular formula is C25H26N4O. The summed E-state index contributed by atoms with van der Waals surface area (Å²) in [6, 6.07) is 13.0. The summed E-state index contributed by atoms with van der Waals surface area (Å²) >= 11 is 0. The average molecular weight is 399 g/mol. The Hall–Kier alpha value is -3.18. The zero-order valence-electron chi connectivity index (χ0n) is 17.4. The normalized spacial score (nSPS) is 16.7. The van der Waals surface area contributed by atoms with Crippen molar-refractivity contribution < 1.29 is 4.74 Å². The highest BCUT2D eigenvalue weighted by Crippen LogP contribution is 2.33. The van der Waals surface area contributed by atoms with Crippen LogP contribution < -0.4 is 10.1 Å². The second-order valence-electron chi connectivity index (χ2n) is 8.04. The lowest BCUT2D eigenvalue weighted by Crippen LogP contribution is -2.37. The molecule has 5 rings (SSSR count). The predicted molar refractivity (Wildman–Crippen MR) is 121 cm³/mol. The Kier molecular flexibility index (Phi) is 4.97. The van der Waals surface area contributed by atoms with E-state index in [0.29, 0.717) is 5.88 Å². The first-order valence-electron chi connectivity index (χ1n) is 10.6. The van der Waals surface area contributed by atoms with Crippen LogP contribution in [0.3, 0.4) is 0 Å². The summed E-state index contributed by atoms with van der Waals surface area (Å²) in [5.74, 6) is 0.584. The van der Waals surface area contributed by atoms with Crippen molar-refractivity contribution in [1.29, 1.82) is 0 Å². The third-order valence-corrected chi connectivity index (χ3v) is 6.02. The summed E-state index contributed by atoms with van der Waals surface area (Å²) < 4.78 is 6.08. The van der Waals surface area contributed by atoms with Gasteiger partial charge in [-0.3, -0.25) is 4.98 Å². The maximum atomic E-state index is 6.08. The van der Waals surface area contributed by atoms with Gasteiger partial charge < -0.3 is 15.0 Å². The van der Waals surface area contributed by atoms with Crippen LogP contribution in [-0.4, -0.2) is 34.1 Å². The van der Waals surface area contributed by atoms with Gasteiger partial charge >= 0.3 is 0 Å². The van der Waals surface area contributed by atoms with E-state index in [1.807, 2.05) is 6.20 Å². The Bertz CT molecular complexity index is 1190. The molecule has 1 aliphatic rings. The number of fused-ring (bicyclic) bond motifs is 1. The molecule has 3 heterocycles. The van der Waals surface area contributed by atoms with Crippen LogP contribution in [0.5, 0.6) is 5.88 Å². The number of aryl methyl sites for hydroxylation is 1. The first-order chi connectivity index (χ1) is 14.7. The first-order valence-corrected chi connectivity index (χ1v) is 10.6. The van der Waals surface area contributed by atoms with Gasteiger partial charge in [0.25, 0.3) is 0 Å². The van der Waals surface area contributed by atoms with E-state index in [-0.39, 0.29) is 6.10 Å². The lowest BCUT2D eigenvalue weighted by atomic mass is 9.95. The number of benzene rings is 2. The van der Waals surface area contributed by atoms with Gasteiger partial charge in [0.2, 0.25) is 5.88 Å². The molecule has 0 amide bonds. The van der Waals surface area contributed by atoms with Crippen LogP contribution in [0.4, 0.5) is 0 Å². The Morgan fingerprint density at radius 2 is 2.00 bits per heavy atom. The zero-order chi connectivity index (χ0) is 20.5. The van der Waals surface area contributed by atoms with Gasteiger partial charge in [-0.05, 0) is 67.6 Å². The minimum atomic E-state index is 0.155. The number of H-pyrrole nitrogens is 1. The van der Waals surface area contributed by atoms with Crippen LogP contribution in [0.1, 0.15) is 24.0 Å². The molecule has 2 N–H and O–H groups in total.